The molecule has 0 aliphatic carbocycles. The molecule has 0 spiro atoms. The first-order chi connectivity index (χ1) is 13.7. The lowest BCUT2D eigenvalue weighted by atomic mass is 10.1. The first-order valence-corrected chi connectivity index (χ1v) is 10.4. The van der Waals surface area contributed by atoms with Crippen LogP contribution in [0.1, 0.15) is 12.6 Å². The minimum absolute atomic E-state index is 0.0258. The lowest BCUT2D eigenvalue weighted by Crippen LogP contribution is -2.22. The second-order valence-electron chi connectivity index (χ2n) is 6.30. The number of ether oxygens (including phenoxy) is 1. The molecule has 0 amide bonds. The van der Waals surface area contributed by atoms with E-state index in [0.717, 1.165) is 4.68 Å². The Hall–Kier alpha value is -3.20. The van der Waals surface area contributed by atoms with Gasteiger partial charge in [-0.25, -0.2) is 12.8 Å². The SMILES string of the molecule is CCS(=O)(=O)Nc1ccc(-c2cc(=O)n(-c3ccc(OC)c(F)c3)nc2C)cc1. The highest BCUT2D eigenvalue weighted by molar-refractivity contribution is 7.92. The number of nitrogens with one attached hydrogen (secondary N) is 1. The predicted octanol–water partition coefficient (Wildman–Crippen LogP) is 3.12. The van der Waals surface area contributed by atoms with Gasteiger partial charge in [-0.05, 0) is 43.7 Å². The fourth-order valence-corrected chi connectivity index (χ4v) is 3.42. The molecule has 0 fully saturated rings. The average Bonchev–Trinajstić information content (AvgIpc) is 2.70. The number of methoxy groups -OCH3 is 1. The molecule has 0 unspecified atom stereocenters. The fourth-order valence-electron chi connectivity index (χ4n) is 2.78. The minimum Gasteiger partial charge on any atom is -0.494 e. The van der Waals surface area contributed by atoms with Crippen LogP contribution in [-0.4, -0.2) is 31.1 Å². The molecule has 152 valence electrons. The molecule has 0 aliphatic rings. The summed E-state index contributed by atoms with van der Waals surface area (Å²) in [6.07, 6.45) is 0. The van der Waals surface area contributed by atoms with Crippen LogP contribution < -0.4 is 15.0 Å². The van der Waals surface area contributed by atoms with Gasteiger partial charge in [0.2, 0.25) is 10.0 Å². The monoisotopic (exact) mass is 417 g/mol. The molecular formula is C20H20FN3O4S. The van der Waals surface area contributed by atoms with E-state index in [0.29, 0.717) is 22.5 Å². The molecule has 7 nitrogen and oxygen atoms in total. The van der Waals surface area contributed by atoms with Crippen LogP contribution in [0, 0.1) is 12.7 Å². The zero-order chi connectivity index (χ0) is 21.2. The van der Waals surface area contributed by atoms with Crippen LogP contribution in [0.25, 0.3) is 16.8 Å². The van der Waals surface area contributed by atoms with Gasteiger partial charge in [-0.15, -0.1) is 0 Å². The van der Waals surface area contributed by atoms with Crippen molar-refractivity contribution in [1.82, 2.24) is 9.78 Å². The second-order valence-corrected chi connectivity index (χ2v) is 8.31. The first kappa shape index (κ1) is 20.5. The number of anilines is 1. The molecule has 1 N–H and O–H groups in total. The third-order valence-corrected chi connectivity index (χ3v) is 5.65. The zero-order valence-electron chi connectivity index (χ0n) is 16.1. The summed E-state index contributed by atoms with van der Waals surface area (Å²) >= 11 is 0. The predicted molar refractivity (Wildman–Crippen MR) is 110 cm³/mol. The Labute approximate surface area is 167 Å². The van der Waals surface area contributed by atoms with Gasteiger partial charge in [-0.3, -0.25) is 9.52 Å². The number of benzene rings is 2. The van der Waals surface area contributed by atoms with Gasteiger partial charge >= 0.3 is 0 Å². The summed E-state index contributed by atoms with van der Waals surface area (Å²) in [7, 11) is -2.00. The summed E-state index contributed by atoms with van der Waals surface area (Å²) in [6, 6.07) is 12.2. The maximum Gasteiger partial charge on any atom is 0.272 e. The van der Waals surface area contributed by atoms with Gasteiger partial charge in [0.1, 0.15) is 0 Å². The van der Waals surface area contributed by atoms with Crippen LogP contribution in [0.3, 0.4) is 0 Å². The topological polar surface area (TPSA) is 90.3 Å². The van der Waals surface area contributed by atoms with Crippen molar-refractivity contribution >= 4 is 15.7 Å². The molecule has 0 radical (unpaired) electrons. The summed E-state index contributed by atoms with van der Waals surface area (Å²) < 4.78 is 45.8. The Balaban J connectivity index is 1.96. The molecule has 9 heteroatoms. The van der Waals surface area contributed by atoms with Crippen LogP contribution in [0.4, 0.5) is 10.1 Å². The number of aromatic nitrogens is 2. The van der Waals surface area contributed by atoms with Crippen molar-refractivity contribution in [2.45, 2.75) is 13.8 Å². The van der Waals surface area contributed by atoms with Crippen LogP contribution in [0.5, 0.6) is 5.75 Å². The van der Waals surface area contributed by atoms with Gasteiger partial charge in [-0.2, -0.15) is 9.78 Å². The standard InChI is InChI=1S/C20H20FN3O4S/c1-4-29(26,27)23-15-7-5-14(6-8-15)17-12-20(25)24(22-13(17)2)16-9-10-19(28-3)18(21)11-16/h5-12,23H,4H2,1-3H3. The van der Waals surface area contributed by atoms with E-state index in [1.165, 1.54) is 25.3 Å². The van der Waals surface area contributed by atoms with E-state index < -0.39 is 21.4 Å². The number of halogens is 1. The highest BCUT2D eigenvalue weighted by Crippen LogP contribution is 2.24. The Morgan fingerprint density at radius 3 is 2.41 bits per heavy atom. The number of rotatable bonds is 6. The number of sulfonamides is 1. The van der Waals surface area contributed by atoms with Crippen molar-refractivity contribution in [1.29, 1.82) is 0 Å². The number of hydrogen-bond acceptors (Lipinski definition) is 5. The largest absolute Gasteiger partial charge is 0.494 e. The molecule has 3 aromatic rings. The Morgan fingerprint density at radius 1 is 1.14 bits per heavy atom. The van der Waals surface area contributed by atoms with Crippen LogP contribution in [0.15, 0.2) is 53.3 Å². The van der Waals surface area contributed by atoms with Crippen molar-refractivity contribution in [3.05, 3.63) is 70.4 Å². The van der Waals surface area contributed by atoms with Crippen molar-refractivity contribution in [2.75, 3.05) is 17.6 Å². The first-order valence-electron chi connectivity index (χ1n) is 8.80. The lowest BCUT2D eigenvalue weighted by molar-refractivity contribution is 0.386. The number of aryl methyl sites for hydroxylation is 1. The van der Waals surface area contributed by atoms with E-state index in [1.54, 1.807) is 44.2 Å². The second kappa shape index (κ2) is 8.04. The Bertz CT molecular complexity index is 1210. The molecule has 1 aromatic heterocycles. The number of nitrogens with zero attached hydrogens (tertiary/aromatic N) is 2. The van der Waals surface area contributed by atoms with Crippen molar-refractivity contribution in [2.24, 2.45) is 0 Å². The molecular weight excluding hydrogens is 397 g/mol. The van der Waals surface area contributed by atoms with Crippen LogP contribution in [0.2, 0.25) is 0 Å². The molecule has 0 saturated heterocycles. The molecule has 0 bridgehead atoms. The highest BCUT2D eigenvalue weighted by atomic mass is 32.2. The number of hydrogen-bond donors (Lipinski definition) is 1. The fraction of sp³-hybridized carbons (Fsp3) is 0.200. The quantitative estimate of drug-likeness (QED) is 0.666. The summed E-state index contributed by atoms with van der Waals surface area (Å²) in [5.41, 5.74) is 2.16. The smallest absolute Gasteiger partial charge is 0.272 e. The average molecular weight is 417 g/mol. The third kappa shape index (κ3) is 4.45. The zero-order valence-corrected chi connectivity index (χ0v) is 17.0. The third-order valence-electron chi connectivity index (χ3n) is 4.35. The van der Waals surface area contributed by atoms with Crippen molar-refractivity contribution in [3.63, 3.8) is 0 Å². The van der Waals surface area contributed by atoms with Crippen LogP contribution in [-0.2, 0) is 10.0 Å². The Morgan fingerprint density at radius 2 is 1.83 bits per heavy atom. The van der Waals surface area contributed by atoms with E-state index in [4.69, 9.17) is 4.74 Å². The van der Waals surface area contributed by atoms with Crippen molar-refractivity contribution < 1.29 is 17.5 Å². The molecule has 29 heavy (non-hydrogen) atoms. The van der Waals surface area contributed by atoms with Gasteiger partial charge in [-0.1, -0.05) is 12.1 Å². The maximum atomic E-state index is 14.0. The molecule has 2 aromatic carbocycles. The van der Waals surface area contributed by atoms with Gasteiger partial charge < -0.3 is 4.74 Å². The maximum absolute atomic E-state index is 14.0. The molecule has 0 saturated carbocycles. The minimum atomic E-state index is -3.37. The van der Waals surface area contributed by atoms with E-state index >= 15 is 0 Å². The van der Waals surface area contributed by atoms with Crippen LogP contribution >= 0.6 is 0 Å². The summed E-state index contributed by atoms with van der Waals surface area (Å²) in [5, 5.41) is 4.30. The highest BCUT2D eigenvalue weighted by Gasteiger charge is 2.12. The van der Waals surface area contributed by atoms with E-state index in [9.17, 15) is 17.6 Å². The summed E-state index contributed by atoms with van der Waals surface area (Å²) in [5.74, 6) is -0.540. The van der Waals surface area contributed by atoms with E-state index in [2.05, 4.69) is 9.82 Å². The van der Waals surface area contributed by atoms with Gasteiger partial charge in [0.15, 0.2) is 11.6 Å². The molecule has 0 atom stereocenters. The molecule has 0 aliphatic heterocycles. The summed E-state index contributed by atoms with van der Waals surface area (Å²) in [4.78, 5) is 12.6. The van der Waals surface area contributed by atoms with Gasteiger partial charge in [0, 0.05) is 23.4 Å². The molecule has 3 rings (SSSR count). The normalized spacial score (nSPS) is 11.3. The lowest BCUT2D eigenvalue weighted by Gasteiger charge is -2.11. The van der Waals surface area contributed by atoms with Crippen molar-refractivity contribution in [3.8, 4) is 22.6 Å². The Kier molecular flexibility index (Phi) is 5.69. The summed E-state index contributed by atoms with van der Waals surface area (Å²) in [6.45, 7) is 3.29. The van der Waals surface area contributed by atoms with E-state index in [-0.39, 0.29) is 17.2 Å². The molecule has 1 heterocycles. The van der Waals surface area contributed by atoms with E-state index in [1.807, 2.05) is 0 Å². The van der Waals surface area contributed by atoms with Gasteiger partial charge in [0.05, 0.1) is 24.2 Å². The van der Waals surface area contributed by atoms with Gasteiger partial charge in [0.25, 0.3) is 5.56 Å².